The molecule has 0 unspecified atom stereocenters. The molecule has 18 heavy (non-hydrogen) atoms. The van der Waals surface area contributed by atoms with Crippen LogP contribution in [0.1, 0.15) is 24.0 Å². The van der Waals surface area contributed by atoms with Crippen LogP contribution in [0.5, 0.6) is 0 Å². The van der Waals surface area contributed by atoms with E-state index in [0.717, 1.165) is 42.0 Å². The molecule has 94 valence electrons. The smallest absolute Gasteiger partial charge is 0.176 e. The second-order valence-electron chi connectivity index (χ2n) is 5.04. The van der Waals surface area contributed by atoms with Crippen LogP contribution >= 0.6 is 0 Å². The van der Waals surface area contributed by atoms with Gasteiger partial charge < -0.3 is 0 Å². The molecule has 0 atom stereocenters. The Morgan fingerprint density at radius 3 is 2.56 bits per heavy atom. The van der Waals surface area contributed by atoms with E-state index in [9.17, 15) is 8.42 Å². The van der Waals surface area contributed by atoms with Crippen molar-refractivity contribution >= 4 is 20.6 Å². The molecule has 0 N–H and O–H groups in total. The average Bonchev–Trinajstić information content (AvgIpc) is 2.34. The van der Waals surface area contributed by atoms with Crippen LogP contribution in [0.3, 0.4) is 0 Å². The fourth-order valence-corrected chi connectivity index (χ4v) is 4.22. The molecule has 0 aromatic heterocycles. The Morgan fingerprint density at radius 1 is 1.06 bits per heavy atom. The van der Waals surface area contributed by atoms with Gasteiger partial charge in [0.15, 0.2) is 9.84 Å². The van der Waals surface area contributed by atoms with E-state index in [1.54, 1.807) is 0 Å². The average molecular weight is 260 g/mol. The molecule has 3 rings (SSSR count). The Bertz CT molecular complexity index is 715. The lowest BCUT2D eigenvalue weighted by atomic mass is 9.89. The molecule has 0 amide bonds. The molecular weight excluding hydrogens is 244 g/mol. The van der Waals surface area contributed by atoms with Crippen LogP contribution in [-0.2, 0) is 22.7 Å². The van der Waals surface area contributed by atoms with E-state index in [0.29, 0.717) is 4.90 Å². The van der Waals surface area contributed by atoms with Crippen molar-refractivity contribution in [2.24, 2.45) is 0 Å². The van der Waals surface area contributed by atoms with Gasteiger partial charge in [-0.2, -0.15) is 0 Å². The molecule has 0 spiro atoms. The van der Waals surface area contributed by atoms with Crippen molar-refractivity contribution in [2.45, 2.75) is 30.6 Å². The normalized spacial score (nSPS) is 15.6. The zero-order chi connectivity index (χ0) is 12.8. The maximum absolute atomic E-state index is 12.1. The first-order chi connectivity index (χ1) is 8.57. The highest BCUT2D eigenvalue weighted by atomic mass is 32.2. The molecule has 1 aliphatic rings. The van der Waals surface area contributed by atoms with Gasteiger partial charge in [-0.3, -0.25) is 0 Å². The predicted molar refractivity (Wildman–Crippen MR) is 73.7 cm³/mol. The van der Waals surface area contributed by atoms with Crippen LogP contribution < -0.4 is 0 Å². The molecular formula is C15H16O2S. The molecule has 1 aliphatic carbocycles. The summed E-state index contributed by atoms with van der Waals surface area (Å²) in [6.07, 6.45) is 5.47. The number of aryl methyl sites for hydroxylation is 1. The molecule has 0 aliphatic heterocycles. The summed E-state index contributed by atoms with van der Waals surface area (Å²) in [5.74, 6) is 0. The predicted octanol–water partition coefficient (Wildman–Crippen LogP) is 3.12. The molecule has 0 saturated carbocycles. The number of fused-ring (bicyclic) bond motifs is 2. The lowest BCUT2D eigenvalue weighted by Crippen LogP contribution is -2.10. The summed E-state index contributed by atoms with van der Waals surface area (Å²) in [5.41, 5.74) is 2.28. The summed E-state index contributed by atoms with van der Waals surface area (Å²) in [6.45, 7) is 0. The van der Waals surface area contributed by atoms with Gasteiger partial charge >= 0.3 is 0 Å². The summed E-state index contributed by atoms with van der Waals surface area (Å²) in [7, 11) is -3.17. The maximum atomic E-state index is 12.1. The van der Waals surface area contributed by atoms with Gasteiger partial charge in [-0.25, -0.2) is 8.42 Å². The number of rotatable bonds is 1. The summed E-state index contributed by atoms with van der Waals surface area (Å²) in [4.78, 5) is 0.565. The lowest BCUT2D eigenvalue weighted by molar-refractivity contribution is 0.598. The molecule has 0 fully saturated rings. The topological polar surface area (TPSA) is 34.1 Å². The van der Waals surface area contributed by atoms with Gasteiger partial charge in [0.1, 0.15) is 0 Å². The standard InChI is InChI=1S/C15H16O2S/c1-18(16,17)15-13-8-4-2-6-11(13)10-12-7-3-5-9-14(12)15/h2,4,6,8,10H,3,5,7,9H2,1H3. The molecule has 0 radical (unpaired) electrons. The lowest BCUT2D eigenvalue weighted by Gasteiger charge is -2.20. The molecule has 0 heterocycles. The number of hydrogen-bond acceptors (Lipinski definition) is 2. The van der Waals surface area contributed by atoms with E-state index in [-0.39, 0.29) is 0 Å². The first kappa shape index (κ1) is 11.7. The number of hydrogen-bond donors (Lipinski definition) is 0. The van der Waals surface area contributed by atoms with E-state index in [1.807, 2.05) is 24.3 Å². The van der Waals surface area contributed by atoms with Crippen LogP contribution in [0.2, 0.25) is 0 Å². The highest BCUT2D eigenvalue weighted by Crippen LogP contribution is 2.34. The van der Waals surface area contributed by atoms with Crippen molar-refractivity contribution < 1.29 is 8.42 Å². The van der Waals surface area contributed by atoms with Gasteiger partial charge in [-0.15, -0.1) is 0 Å². The molecule has 0 saturated heterocycles. The first-order valence-electron chi connectivity index (χ1n) is 6.31. The van der Waals surface area contributed by atoms with Crippen molar-refractivity contribution in [1.82, 2.24) is 0 Å². The third kappa shape index (κ3) is 1.83. The van der Waals surface area contributed by atoms with Gasteiger partial charge in [0.05, 0.1) is 4.90 Å². The van der Waals surface area contributed by atoms with E-state index in [4.69, 9.17) is 0 Å². The number of sulfone groups is 1. The van der Waals surface area contributed by atoms with Gasteiger partial charge in [-0.05, 0) is 42.2 Å². The van der Waals surface area contributed by atoms with Gasteiger partial charge in [0, 0.05) is 11.6 Å². The van der Waals surface area contributed by atoms with E-state index >= 15 is 0 Å². The summed E-state index contributed by atoms with van der Waals surface area (Å²) in [5, 5.41) is 1.92. The van der Waals surface area contributed by atoms with E-state index < -0.39 is 9.84 Å². The van der Waals surface area contributed by atoms with Crippen molar-refractivity contribution in [2.75, 3.05) is 6.26 Å². The first-order valence-corrected chi connectivity index (χ1v) is 8.20. The largest absolute Gasteiger partial charge is 0.224 e. The Hall–Kier alpha value is -1.35. The van der Waals surface area contributed by atoms with E-state index in [2.05, 4.69) is 6.07 Å². The SMILES string of the molecule is CS(=O)(=O)c1c2c(cc3ccccc13)CCCC2. The Labute approximate surface area is 108 Å². The molecule has 3 heteroatoms. The highest BCUT2D eigenvalue weighted by Gasteiger charge is 2.22. The maximum Gasteiger partial charge on any atom is 0.176 e. The Kier molecular flexibility index (Phi) is 2.67. The van der Waals surface area contributed by atoms with Crippen LogP contribution in [0.15, 0.2) is 35.2 Å². The summed E-state index contributed by atoms with van der Waals surface area (Å²) in [6, 6.07) is 9.95. The Morgan fingerprint density at radius 2 is 1.78 bits per heavy atom. The minimum atomic E-state index is -3.17. The zero-order valence-electron chi connectivity index (χ0n) is 10.4. The monoisotopic (exact) mass is 260 g/mol. The van der Waals surface area contributed by atoms with Crippen molar-refractivity contribution in [3.8, 4) is 0 Å². The van der Waals surface area contributed by atoms with E-state index in [1.165, 1.54) is 11.8 Å². The van der Waals surface area contributed by atoms with Crippen LogP contribution in [0.4, 0.5) is 0 Å². The minimum Gasteiger partial charge on any atom is -0.224 e. The second-order valence-corrected chi connectivity index (χ2v) is 7.00. The molecule has 2 aromatic carbocycles. The third-order valence-corrected chi connectivity index (χ3v) is 4.90. The summed E-state index contributed by atoms with van der Waals surface area (Å²) >= 11 is 0. The quantitative estimate of drug-likeness (QED) is 0.789. The van der Waals surface area contributed by atoms with Crippen LogP contribution in [-0.4, -0.2) is 14.7 Å². The zero-order valence-corrected chi connectivity index (χ0v) is 11.3. The number of benzene rings is 2. The van der Waals surface area contributed by atoms with Crippen molar-refractivity contribution in [3.63, 3.8) is 0 Å². The van der Waals surface area contributed by atoms with Crippen molar-refractivity contribution in [3.05, 3.63) is 41.5 Å². The highest BCUT2D eigenvalue weighted by molar-refractivity contribution is 7.91. The van der Waals surface area contributed by atoms with Crippen LogP contribution in [0.25, 0.3) is 10.8 Å². The summed E-state index contributed by atoms with van der Waals surface area (Å²) < 4.78 is 24.2. The fraction of sp³-hybridized carbons (Fsp3) is 0.333. The fourth-order valence-electron chi connectivity index (χ4n) is 2.95. The van der Waals surface area contributed by atoms with Crippen LogP contribution in [0, 0.1) is 0 Å². The van der Waals surface area contributed by atoms with Gasteiger partial charge in [0.2, 0.25) is 0 Å². The van der Waals surface area contributed by atoms with Gasteiger partial charge in [-0.1, -0.05) is 30.3 Å². The molecule has 2 nitrogen and oxygen atoms in total. The Balaban J connectivity index is 2.48. The van der Waals surface area contributed by atoms with Gasteiger partial charge in [0.25, 0.3) is 0 Å². The van der Waals surface area contributed by atoms with Crippen molar-refractivity contribution in [1.29, 1.82) is 0 Å². The minimum absolute atomic E-state index is 0.565. The second kappa shape index (κ2) is 4.09. The molecule has 0 bridgehead atoms. The molecule has 2 aromatic rings. The third-order valence-electron chi connectivity index (χ3n) is 3.69.